The van der Waals surface area contributed by atoms with E-state index in [0.29, 0.717) is 17.7 Å². The molecule has 0 bridgehead atoms. The zero-order valence-electron chi connectivity index (χ0n) is 14.7. The molecule has 0 saturated carbocycles. The second-order valence-electron chi connectivity index (χ2n) is 5.90. The molecule has 0 fully saturated rings. The first kappa shape index (κ1) is 28.5. The minimum atomic E-state index is -8.57. The number of halogens is 16. The third kappa shape index (κ3) is 3.89. The van der Waals surface area contributed by atoms with Gasteiger partial charge in [-0.2, -0.15) is 61.5 Å². The molecule has 0 atom stereocenters. The number of hydrogen-bond donors (Lipinski definition) is 1. The molecule has 1 rings (SSSR count). The zero-order valence-corrected chi connectivity index (χ0v) is 14.7. The number of carbonyl (C=O) groups excluding carboxylic acids is 1. The average molecular weight is 523 g/mol. The quantitative estimate of drug-likeness (QED) is 0.457. The number of hydrogen-bond acceptors (Lipinski definition) is 3. The molecule has 1 N–H and O–H groups in total. The molecule has 0 aliphatic carbocycles. The van der Waals surface area contributed by atoms with E-state index in [1.165, 1.54) is 0 Å². The maximum absolute atomic E-state index is 13.6. The predicted octanol–water partition coefficient (Wildman–Crippen LogP) is 5.13. The fourth-order valence-electron chi connectivity index (χ4n) is 1.82. The van der Waals surface area contributed by atoms with Crippen molar-refractivity contribution in [3.05, 3.63) is 18.5 Å². The van der Waals surface area contributed by atoms with Crippen molar-refractivity contribution in [3.63, 3.8) is 0 Å². The van der Waals surface area contributed by atoms with Gasteiger partial charge >= 0.3 is 53.8 Å². The number of rotatable bonds is 9. The van der Waals surface area contributed by atoms with Crippen molar-refractivity contribution < 1.29 is 75.0 Å². The van der Waals surface area contributed by atoms with Crippen LogP contribution in [0.5, 0.6) is 0 Å². The van der Waals surface area contributed by atoms with E-state index in [1.54, 1.807) is 0 Å². The Morgan fingerprint density at radius 1 is 0.667 bits per heavy atom. The number of anilines is 1. The molecular weight excluding hydrogens is 518 g/mol. The van der Waals surface area contributed by atoms with Crippen molar-refractivity contribution >= 4 is 11.9 Å². The molecule has 0 aromatic carbocycles. The van der Waals surface area contributed by atoms with Gasteiger partial charge in [-0.1, -0.05) is 0 Å². The summed E-state index contributed by atoms with van der Waals surface area (Å²) in [6.45, 7) is 0. The molecule has 1 aromatic rings. The van der Waals surface area contributed by atoms with Crippen LogP contribution in [0, 0.1) is 0 Å². The van der Waals surface area contributed by atoms with Crippen molar-refractivity contribution in [2.24, 2.45) is 0 Å². The number of aromatic nitrogens is 2. The Bertz CT molecular complexity index is 856. The summed E-state index contributed by atoms with van der Waals surface area (Å²) in [6.07, 6.45) is -4.66. The van der Waals surface area contributed by atoms with Crippen LogP contribution < -0.4 is 5.32 Å². The Balaban J connectivity index is 3.53. The molecule has 0 radical (unpaired) electrons. The standard InChI is InChI=1S/C13H5F16N3O/c14-4(15)7(16,17)9(20,21)11(24,25)13(28,29)12(26,27)10(22,23)8(18,19)5(33)32-6-30-2-1-3-31-6/h1-4H,(H,30,31,32,33). The molecule has 1 aromatic heterocycles. The van der Waals surface area contributed by atoms with Gasteiger partial charge in [0.05, 0.1) is 0 Å². The highest BCUT2D eigenvalue weighted by Crippen LogP contribution is 2.62. The van der Waals surface area contributed by atoms with Crippen molar-refractivity contribution in [1.82, 2.24) is 9.97 Å². The second kappa shape index (κ2) is 8.03. The van der Waals surface area contributed by atoms with Gasteiger partial charge in [0.15, 0.2) is 0 Å². The fourth-order valence-corrected chi connectivity index (χ4v) is 1.82. The smallest absolute Gasteiger partial charge is 0.289 e. The van der Waals surface area contributed by atoms with Crippen LogP contribution in [0.25, 0.3) is 0 Å². The van der Waals surface area contributed by atoms with E-state index in [2.05, 4.69) is 9.97 Å². The molecule has 1 amide bonds. The van der Waals surface area contributed by atoms with E-state index < -0.39 is 59.7 Å². The highest BCUT2D eigenvalue weighted by molar-refractivity contribution is 5.95. The normalized spacial score (nSPS) is 15.1. The van der Waals surface area contributed by atoms with Crippen LogP contribution in [0.4, 0.5) is 76.2 Å². The highest BCUT2D eigenvalue weighted by atomic mass is 19.4. The van der Waals surface area contributed by atoms with Crippen LogP contribution in [0.15, 0.2) is 18.5 Å². The lowest BCUT2D eigenvalue weighted by Crippen LogP contribution is -2.74. The van der Waals surface area contributed by atoms with Crippen LogP contribution in [-0.4, -0.2) is 63.8 Å². The van der Waals surface area contributed by atoms with Crippen LogP contribution >= 0.6 is 0 Å². The van der Waals surface area contributed by atoms with Crippen LogP contribution in [0.2, 0.25) is 0 Å². The molecule has 1 heterocycles. The lowest BCUT2D eigenvalue weighted by Gasteiger charge is -2.42. The molecular formula is C13H5F16N3O. The topological polar surface area (TPSA) is 54.9 Å². The summed E-state index contributed by atoms with van der Waals surface area (Å²) in [4.78, 5) is 17.0. The molecule has 4 nitrogen and oxygen atoms in total. The predicted molar refractivity (Wildman–Crippen MR) is 71.3 cm³/mol. The molecule has 20 heteroatoms. The maximum Gasteiger partial charge on any atom is 0.393 e. The minimum Gasteiger partial charge on any atom is -0.289 e. The summed E-state index contributed by atoms with van der Waals surface area (Å²) in [5.41, 5.74) is 0. The van der Waals surface area contributed by atoms with Gasteiger partial charge < -0.3 is 0 Å². The third-order valence-electron chi connectivity index (χ3n) is 3.74. The fraction of sp³-hybridized carbons (Fsp3) is 0.615. The van der Waals surface area contributed by atoms with Crippen LogP contribution in [0.3, 0.4) is 0 Å². The molecule has 0 unspecified atom stereocenters. The number of carbonyl (C=O) groups is 1. The SMILES string of the molecule is O=C(Nc1ncccn1)C(F)(F)C(F)(F)C(F)(F)C(F)(F)C(F)(F)C(F)(F)C(F)(F)C(F)F. The summed E-state index contributed by atoms with van der Waals surface area (Å²) >= 11 is 0. The summed E-state index contributed by atoms with van der Waals surface area (Å²) in [7, 11) is 0. The molecule has 190 valence electrons. The van der Waals surface area contributed by atoms with E-state index in [1.807, 2.05) is 0 Å². The van der Waals surface area contributed by atoms with Gasteiger partial charge in [0.1, 0.15) is 0 Å². The van der Waals surface area contributed by atoms with E-state index in [9.17, 15) is 75.0 Å². The van der Waals surface area contributed by atoms with Crippen LogP contribution in [-0.2, 0) is 4.79 Å². The molecule has 0 spiro atoms. The maximum atomic E-state index is 13.6. The monoisotopic (exact) mass is 523 g/mol. The van der Waals surface area contributed by atoms with Crippen molar-refractivity contribution in [1.29, 1.82) is 0 Å². The van der Waals surface area contributed by atoms with E-state index in [4.69, 9.17) is 0 Å². The summed E-state index contributed by atoms with van der Waals surface area (Å²) in [5, 5.41) is 0.596. The number of alkyl halides is 16. The van der Waals surface area contributed by atoms with Gasteiger partial charge in [0.2, 0.25) is 5.95 Å². The zero-order chi connectivity index (χ0) is 26.5. The second-order valence-corrected chi connectivity index (χ2v) is 5.90. The van der Waals surface area contributed by atoms with E-state index in [0.717, 1.165) is 6.07 Å². The van der Waals surface area contributed by atoms with Gasteiger partial charge in [-0.15, -0.1) is 0 Å². The Kier molecular flexibility index (Phi) is 6.93. The van der Waals surface area contributed by atoms with Crippen LogP contribution in [0.1, 0.15) is 0 Å². The lowest BCUT2D eigenvalue weighted by atomic mass is 9.89. The van der Waals surface area contributed by atoms with Gasteiger partial charge in [-0.3, -0.25) is 10.1 Å². The summed E-state index contributed by atoms with van der Waals surface area (Å²) in [5.74, 6) is -61.4. The first-order chi connectivity index (χ1) is 14.4. The average Bonchev–Trinajstić information content (AvgIpc) is 2.67. The van der Waals surface area contributed by atoms with Gasteiger partial charge in [-0.25, -0.2) is 18.7 Å². The van der Waals surface area contributed by atoms with Crippen molar-refractivity contribution in [2.45, 2.75) is 47.9 Å². The van der Waals surface area contributed by atoms with E-state index in [-0.39, 0.29) is 0 Å². The first-order valence-corrected chi connectivity index (χ1v) is 7.46. The molecule has 33 heavy (non-hydrogen) atoms. The summed E-state index contributed by atoms with van der Waals surface area (Å²) < 4.78 is 210. The Labute approximate surface area is 170 Å². The van der Waals surface area contributed by atoms with Crippen molar-refractivity contribution in [2.75, 3.05) is 5.32 Å². The Morgan fingerprint density at radius 2 is 1.03 bits per heavy atom. The lowest BCUT2D eigenvalue weighted by molar-refractivity contribution is -0.443. The number of nitrogens with zero attached hydrogens (tertiary/aromatic N) is 2. The highest BCUT2D eigenvalue weighted by Gasteiger charge is 2.94. The number of nitrogens with one attached hydrogen (secondary N) is 1. The van der Waals surface area contributed by atoms with Gasteiger partial charge in [0, 0.05) is 12.4 Å². The van der Waals surface area contributed by atoms with Crippen molar-refractivity contribution in [3.8, 4) is 0 Å². The van der Waals surface area contributed by atoms with Gasteiger partial charge in [0.25, 0.3) is 0 Å². The summed E-state index contributed by atoms with van der Waals surface area (Å²) in [6, 6.07) is 0.925. The minimum absolute atomic E-state index is 0.596. The Morgan fingerprint density at radius 3 is 1.42 bits per heavy atom. The molecule has 0 aliphatic heterocycles. The molecule has 0 aliphatic rings. The van der Waals surface area contributed by atoms with Gasteiger partial charge in [-0.05, 0) is 6.07 Å². The Hall–Kier alpha value is -2.57. The number of amides is 1. The molecule has 0 saturated heterocycles. The third-order valence-corrected chi connectivity index (χ3v) is 3.74. The largest absolute Gasteiger partial charge is 0.393 e. The first-order valence-electron chi connectivity index (χ1n) is 7.46. The van der Waals surface area contributed by atoms with E-state index >= 15 is 0 Å².